The zero-order valence-corrected chi connectivity index (χ0v) is 11.7. The average molecular weight is 250 g/mol. The van der Waals surface area contributed by atoms with Crippen molar-refractivity contribution >= 4 is 0 Å². The normalized spacial score (nSPS) is 11.1. The van der Waals surface area contributed by atoms with Crippen LogP contribution in [0.3, 0.4) is 0 Å². The molecule has 102 valence electrons. The van der Waals surface area contributed by atoms with E-state index in [-0.39, 0.29) is 6.61 Å². The Hall–Kier alpha value is -0.900. The number of hydrogen-bond donors (Lipinski definition) is 2. The lowest BCUT2D eigenvalue weighted by Gasteiger charge is -2.17. The van der Waals surface area contributed by atoms with Gasteiger partial charge in [0.2, 0.25) is 0 Å². The monoisotopic (exact) mass is 250 g/mol. The van der Waals surface area contributed by atoms with Gasteiger partial charge in [-0.05, 0) is 43.7 Å². The van der Waals surface area contributed by atoms with Gasteiger partial charge in [-0.15, -0.1) is 0 Å². The number of benzene rings is 1. The highest BCUT2D eigenvalue weighted by Crippen LogP contribution is 2.03. The maximum absolute atomic E-state index is 8.95. The molecule has 0 radical (unpaired) electrons. The van der Waals surface area contributed by atoms with Gasteiger partial charge in [0.25, 0.3) is 0 Å². The van der Waals surface area contributed by atoms with Crippen LogP contribution in [-0.4, -0.2) is 36.2 Å². The minimum atomic E-state index is 0.123. The van der Waals surface area contributed by atoms with Gasteiger partial charge in [0.15, 0.2) is 0 Å². The van der Waals surface area contributed by atoms with Crippen LogP contribution in [0, 0.1) is 0 Å². The standard InChI is InChI=1S/C15H26N2O/c1-3-17(4-2)11-5-10-16-12-14-6-8-15(13-18)9-7-14/h6-9,16,18H,3-5,10-13H2,1-2H3. The maximum Gasteiger partial charge on any atom is 0.0681 e. The predicted molar refractivity (Wildman–Crippen MR) is 76.5 cm³/mol. The summed E-state index contributed by atoms with van der Waals surface area (Å²) in [5.74, 6) is 0. The fourth-order valence-corrected chi connectivity index (χ4v) is 1.96. The lowest BCUT2D eigenvalue weighted by Crippen LogP contribution is -2.27. The topological polar surface area (TPSA) is 35.5 Å². The van der Waals surface area contributed by atoms with Gasteiger partial charge in [-0.2, -0.15) is 0 Å². The Bertz CT molecular complexity index is 307. The zero-order chi connectivity index (χ0) is 13.2. The van der Waals surface area contributed by atoms with Crippen molar-refractivity contribution in [1.29, 1.82) is 0 Å². The molecule has 3 heteroatoms. The van der Waals surface area contributed by atoms with Crippen molar-refractivity contribution in [3.8, 4) is 0 Å². The van der Waals surface area contributed by atoms with Crippen molar-refractivity contribution in [2.45, 2.75) is 33.4 Å². The van der Waals surface area contributed by atoms with Crippen LogP contribution in [-0.2, 0) is 13.2 Å². The van der Waals surface area contributed by atoms with E-state index in [0.29, 0.717) is 0 Å². The van der Waals surface area contributed by atoms with Crippen molar-refractivity contribution in [2.24, 2.45) is 0 Å². The molecule has 0 bridgehead atoms. The molecule has 0 saturated heterocycles. The third kappa shape index (κ3) is 5.63. The summed E-state index contributed by atoms with van der Waals surface area (Å²) in [5, 5.41) is 12.4. The smallest absolute Gasteiger partial charge is 0.0681 e. The summed E-state index contributed by atoms with van der Waals surface area (Å²) < 4.78 is 0. The van der Waals surface area contributed by atoms with Gasteiger partial charge >= 0.3 is 0 Å². The first kappa shape index (κ1) is 15.2. The fourth-order valence-electron chi connectivity index (χ4n) is 1.96. The number of hydrogen-bond acceptors (Lipinski definition) is 3. The summed E-state index contributed by atoms with van der Waals surface area (Å²) in [7, 11) is 0. The van der Waals surface area contributed by atoms with E-state index in [9.17, 15) is 0 Å². The van der Waals surface area contributed by atoms with E-state index < -0.39 is 0 Å². The van der Waals surface area contributed by atoms with Gasteiger partial charge in [0.1, 0.15) is 0 Å². The van der Waals surface area contributed by atoms with Gasteiger partial charge in [-0.1, -0.05) is 38.1 Å². The second-order valence-electron chi connectivity index (χ2n) is 4.53. The Morgan fingerprint density at radius 1 is 1.06 bits per heavy atom. The molecule has 0 spiro atoms. The number of aliphatic hydroxyl groups is 1. The van der Waals surface area contributed by atoms with E-state index in [4.69, 9.17) is 5.11 Å². The Morgan fingerprint density at radius 3 is 2.22 bits per heavy atom. The van der Waals surface area contributed by atoms with Crippen LogP contribution in [0.4, 0.5) is 0 Å². The second-order valence-corrected chi connectivity index (χ2v) is 4.53. The molecule has 2 N–H and O–H groups in total. The molecule has 0 aliphatic heterocycles. The summed E-state index contributed by atoms with van der Waals surface area (Å²) in [6.45, 7) is 9.95. The minimum absolute atomic E-state index is 0.123. The summed E-state index contributed by atoms with van der Waals surface area (Å²) in [5.41, 5.74) is 2.25. The van der Waals surface area contributed by atoms with Gasteiger partial charge < -0.3 is 15.3 Å². The van der Waals surface area contributed by atoms with Crippen LogP contribution in [0.15, 0.2) is 24.3 Å². The Kier molecular flexibility index (Phi) is 7.65. The maximum atomic E-state index is 8.95. The molecule has 0 saturated carbocycles. The number of nitrogens with zero attached hydrogens (tertiary/aromatic N) is 1. The zero-order valence-electron chi connectivity index (χ0n) is 11.7. The van der Waals surface area contributed by atoms with Crippen molar-refractivity contribution in [3.05, 3.63) is 35.4 Å². The Balaban J connectivity index is 2.13. The highest BCUT2D eigenvalue weighted by atomic mass is 16.3. The number of rotatable bonds is 9. The fraction of sp³-hybridized carbons (Fsp3) is 0.600. The van der Waals surface area contributed by atoms with Crippen LogP contribution in [0.25, 0.3) is 0 Å². The van der Waals surface area contributed by atoms with Crippen molar-refractivity contribution < 1.29 is 5.11 Å². The van der Waals surface area contributed by atoms with Gasteiger partial charge in [-0.3, -0.25) is 0 Å². The van der Waals surface area contributed by atoms with Crippen LogP contribution in [0.2, 0.25) is 0 Å². The molecule has 0 unspecified atom stereocenters. The molecule has 0 fully saturated rings. The quantitative estimate of drug-likeness (QED) is 0.658. The predicted octanol–water partition coefficient (Wildman–Crippen LogP) is 2.00. The second kappa shape index (κ2) is 9.09. The molecular weight excluding hydrogens is 224 g/mol. The lowest BCUT2D eigenvalue weighted by molar-refractivity contribution is 0.282. The first-order valence-electron chi connectivity index (χ1n) is 6.91. The van der Waals surface area contributed by atoms with E-state index in [1.54, 1.807) is 0 Å². The highest BCUT2D eigenvalue weighted by Gasteiger charge is 1.98. The first-order valence-corrected chi connectivity index (χ1v) is 6.91. The van der Waals surface area contributed by atoms with Crippen molar-refractivity contribution in [3.63, 3.8) is 0 Å². The summed E-state index contributed by atoms with van der Waals surface area (Å²) in [6, 6.07) is 8.10. The summed E-state index contributed by atoms with van der Waals surface area (Å²) in [4.78, 5) is 2.44. The molecular formula is C15H26N2O. The molecule has 18 heavy (non-hydrogen) atoms. The molecule has 3 nitrogen and oxygen atoms in total. The molecule has 0 heterocycles. The third-order valence-electron chi connectivity index (χ3n) is 3.26. The van der Waals surface area contributed by atoms with E-state index >= 15 is 0 Å². The van der Waals surface area contributed by atoms with E-state index in [1.807, 2.05) is 12.1 Å². The van der Waals surface area contributed by atoms with Gasteiger partial charge in [-0.25, -0.2) is 0 Å². The molecule has 1 aromatic rings. The number of nitrogens with one attached hydrogen (secondary N) is 1. The third-order valence-corrected chi connectivity index (χ3v) is 3.26. The Morgan fingerprint density at radius 2 is 1.67 bits per heavy atom. The van der Waals surface area contributed by atoms with Crippen LogP contribution < -0.4 is 5.32 Å². The molecule has 1 rings (SSSR count). The van der Waals surface area contributed by atoms with E-state index in [1.165, 1.54) is 18.5 Å². The lowest BCUT2D eigenvalue weighted by atomic mass is 10.1. The first-order chi connectivity index (χ1) is 8.80. The van der Waals surface area contributed by atoms with Gasteiger partial charge in [0, 0.05) is 6.54 Å². The largest absolute Gasteiger partial charge is 0.392 e. The average Bonchev–Trinajstić information content (AvgIpc) is 2.43. The van der Waals surface area contributed by atoms with E-state index in [2.05, 4.69) is 36.2 Å². The molecule has 0 atom stereocenters. The van der Waals surface area contributed by atoms with Crippen LogP contribution in [0.5, 0.6) is 0 Å². The number of aliphatic hydroxyl groups excluding tert-OH is 1. The Labute approximate surface area is 111 Å². The molecule has 0 aromatic heterocycles. The molecule has 1 aromatic carbocycles. The van der Waals surface area contributed by atoms with Crippen LogP contribution in [0.1, 0.15) is 31.4 Å². The molecule has 0 aliphatic carbocycles. The highest BCUT2D eigenvalue weighted by molar-refractivity contribution is 5.21. The molecule has 0 aliphatic rings. The minimum Gasteiger partial charge on any atom is -0.392 e. The van der Waals surface area contributed by atoms with Gasteiger partial charge in [0.05, 0.1) is 6.61 Å². The van der Waals surface area contributed by atoms with E-state index in [0.717, 1.165) is 31.7 Å². The summed E-state index contributed by atoms with van der Waals surface area (Å²) in [6.07, 6.45) is 1.19. The summed E-state index contributed by atoms with van der Waals surface area (Å²) >= 11 is 0. The van der Waals surface area contributed by atoms with Crippen LogP contribution >= 0.6 is 0 Å². The van der Waals surface area contributed by atoms with Crippen molar-refractivity contribution in [1.82, 2.24) is 10.2 Å². The molecule has 0 amide bonds. The van der Waals surface area contributed by atoms with Crippen molar-refractivity contribution in [2.75, 3.05) is 26.2 Å². The SMILES string of the molecule is CCN(CC)CCCNCc1ccc(CO)cc1.